The zero-order valence-electron chi connectivity index (χ0n) is 41.4. The Balaban J connectivity index is 0.000000157. The summed E-state index contributed by atoms with van der Waals surface area (Å²) in [6.07, 6.45) is 11.4. The Morgan fingerprint density at radius 1 is 0.642 bits per heavy atom. The number of hydrogen-bond acceptors (Lipinski definition) is 9. The summed E-state index contributed by atoms with van der Waals surface area (Å²) in [5.41, 5.74) is 12.6. The number of rotatable bonds is 5. The van der Waals surface area contributed by atoms with E-state index in [1.54, 1.807) is 0 Å². The molecule has 2 N–H and O–H groups in total. The van der Waals surface area contributed by atoms with Gasteiger partial charge in [-0.25, -0.2) is 0 Å². The number of anilines is 3. The highest BCUT2D eigenvalue weighted by molar-refractivity contribution is 14.1. The minimum absolute atomic E-state index is 0.0127. The van der Waals surface area contributed by atoms with Crippen molar-refractivity contribution >= 4 is 51.2 Å². The van der Waals surface area contributed by atoms with Crippen molar-refractivity contribution in [3.63, 3.8) is 0 Å². The van der Waals surface area contributed by atoms with Crippen molar-refractivity contribution in [2.24, 2.45) is 0 Å². The third-order valence-electron chi connectivity index (χ3n) is 16.4. The van der Waals surface area contributed by atoms with Gasteiger partial charge in [-0.15, -0.1) is 0 Å². The van der Waals surface area contributed by atoms with Crippen LogP contribution in [0.25, 0.3) is 0 Å². The van der Waals surface area contributed by atoms with Crippen LogP contribution in [0.5, 0.6) is 0 Å². The number of carbonyl (C=O) groups excluding carboxylic acids is 2. The SMILES string of the molecule is CCc1cc2c(cc1I)C(C)(C)C1Nc3cc(C#N)ccc3C1C2=O.CCc1cc2c(cc1N1CCC(N(C)C)CC1)C(C)(C)C1Nc3cc(C#N)ccc3C1C2=O.CN(C)C1CCCCC1. The van der Waals surface area contributed by atoms with Crippen LogP contribution >= 0.6 is 22.6 Å². The lowest BCUT2D eigenvalue weighted by Gasteiger charge is -2.43. The number of Topliss-reactive ketones (excluding diaryl/α,β-unsaturated/α-hetero) is 2. The first-order chi connectivity index (χ1) is 31.9. The maximum Gasteiger partial charge on any atom is 0.172 e. The zero-order chi connectivity index (χ0) is 48.1. The number of nitrogens with zero attached hydrogens (tertiary/aromatic N) is 5. The van der Waals surface area contributed by atoms with Gasteiger partial charge in [0, 0.05) is 79.8 Å². The van der Waals surface area contributed by atoms with Crippen LogP contribution in [0.15, 0.2) is 60.7 Å². The van der Waals surface area contributed by atoms with Gasteiger partial charge in [0.25, 0.3) is 0 Å². The largest absolute Gasteiger partial charge is 0.380 e. The summed E-state index contributed by atoms with van der Waals surface area (Å²) in [6.45, 7) is 15.4. The number of carbonyl (C=O) groups is 2. The van der Waals surface area contributed by atoms with E-state index in [9.17, 15) is 14.9 Å². The fraction of sp³-hybridized carbons (Fsp3) is 0.509. The minimum Gasteiger partial charge on any atom is -0.380 e. The van der Waals surface area contributed by atoms with E-state index in [2.05, 4.69) is 154 Å². The van der Waals surface area contributed by atoms with E-state index < -0.39 is 0 Å². The molecule has 4 unspecified atom stereocenters. The lowest BCUT2D eigenvalue weighted by Crippen LogP contribution is -2.48. The van der Waals surface area contributed by atoms with Crippen molar-refractivity contribution in [1.82, 2.24) is 9.80 Å². The highest BCUT2D eigenvalue weighted by atomic mass is 127. The number of aryl methyl sites for hydroxylation is 2. The molecule has 9 nitrogen and oxygen atoms in total. The third kappa shape index (κ3) is 8.92. The van der Waals surface area contributed by atoms with Gasteiger partial charge in [-0.1, -0.05) is 72.9 Å². The fourth-order valence-corrected chi connectivity index (χ4v) is 13.0. The molecule has 67 heavy (non-hydrogen) atoms. The van der Waals surface area contributed by atoms with Gasteiger partial charge in [0.15, 0.2) is 11.6 Å². The van der Waals surface area contributed by atoms with E-state index in [0.717, 1.165) is 76.7 Å². The summed E-state index contributed by atoms with van der Waals surface area (Å²) in [7, 11) is 8.73. The summed E-state index contributed by atoms with van der Waals surface area (Å²) in [5, 5.41) is 25.7. The predicted molar refractivity (Wildman–Crippen MR) is 281 cm³/mol. The first-order valence-corrected chi connectivity index (χ1v) is 25.8. The van der Waals surface area contributed by atoms with Crippen molar-refractivity contribution < 1.29 is 9.59 Å². The minimum atomic E-state index is -0.220. The average molecular weight is 1010 g/mol. The molecule has 4 atom stereocenters. The Labute approximate surface area is 413 Å². The summed E-state index contributed by atoms with van der Waals surface area (Å²) in [4.78, 5) is 34.5. The van der Waals surface area contributed by atoms with Crippen LogP contribution in [0.4, 0.5) is 17.1 Å². The first-order valence-electron chi connectivity index (χ1n) is 24.7. The summed E-state index contributed by atoms with van der Waals surface area (Å²) >= 11 is 2.37. The number of piperidine rings is 1. The van der Waals surface area contributed by atoms with Crippen LogP contribution in [0, 0.1) is 26.2 Å². The fourth-order valence-electron chi connectivity index (χ4n) is 12.1. The van der Waals surface area contributed by atoms with Gasteiger partial charge in [0.2, 0.25) is 0 Å². The maximum atomic E-state index is 13.9. The highest BCUT2D eigenvalue weighted by Gasteiger charge is 2.53. The standard InChI is InChI=1S/C28H34N4O.C21H19IN2O.C8H17N/c1-6-18-14-21-22(15-24(18)32-11-9-19(10-12-32)31(4)5)28(2,3)27-25(26(21)33)20-8-7-17(16-29)13-23(20)30-27;1-4-12-8-14-15(9-16(12)22)21(2,3)20-18(19(14)25)13-6-5-11(10-23)7-17(13)24-20;1-9(2)8-6-4-3-5-7-8/h7-8,13-15,19,25,27,30H,6,9-12H2,1-5H3;5-9,18,20,24H,4H2,1-3H3;8H,3-7H2,1-2H3. The quantitative estimate of drug-likeness (QED) is 0.189. The van der Waals surface area contributed by atoms with Gasteiger partial charge in [0.05, 0.1) is 35.1 Å². The second-order valence-electron chi connectivity index (χ2n) is 21.4. The van der Waals surface area contributed by atoms with E-state index in [1.165, 1.54) is 65.3 Å². The van der Waals surface area contributed by atoms with Crippen molar-refractivity contribution in [3.05, 3.63) is 120 Å². The smallest absolute Gasteiger partial charge is 0.172 e. The Kier molecular flexibility index (Phi) is 14.0. The normalized spacial score (nSPS) is 23.1. The Morgan fingerprint density at radius 3 is 1.52 bits per heavy atom. The van der Waals surface area contributed by atoms with Crippen LogP contribution in [0.1, 0.15) is 164 Å². The van der Waals surface area contributed by atoms with Gasteiger partial charge in [0.1, 0.15) is 0 Å². The number of hydrogen-bond donors (Lipinski definition) is 2. The maximum absolute atomic E-state index is 13.9. The molecule has 1 saturated carbocycles. The van der Waals surface area contributed by atoms with Gasteiger partial charge in [-0.3, -0.25) is 9.59 Å². The van der Waals surface area contributed by atoms with Gasteiger partial charge in [-0.05, 0) is 171 Å². The molecule has 0 bridgehead atoms. The Morgan fingerprint density at radius 2 is 1.09 bits per heavy atom. The molecule has 6 aliphatic rings. The molecule has 3 heterocycles. The van der Waals surface area contributed by atoms with Crippen LogP contribution in [0.3, 0.4) is 0 Å². The summed E-state index contributed by atoms with van der Waals surface area (Å²) in [5.74, 6) is 0.0101. The molecule has 0 spiro atoms. The molecule has 4 aromatic carbocycles. The number of ketones is 2. The van der Waals surface area contributed by atoms with Crippen molar-refractivity contribution in [3.8, 4) is 12.1 Å². The lowest BCUT2D eigenvalue weighted by molar-refractivity contribution is 0.0914. The third-order valence-corrected chi connectivity index (χ3v) is 17.4. The molecule has 10 rings (SSSR count). The molecular formula is C57H70IN7O2. The molecule has 0 radical (unpaired) electrons. The zero-order valence-corrected chi connectivity index (χ0v) is 43.6. The van der Waals surface area contributed by atoms with E-state index in [0.29, 0.717) is 17.2 Å². The number of benzene rings is 4. The molecule has 3 aliphatic heterocycles. The van der Waals surface area contributed by atoms with E-state index in [4.69, 9.17) is 5.26 Å². The summed E-state index contributed by atoms with van der Waals surface area (Å²) in [6, 6.07) is 26.0. The number of halogens is 1. The van der Waals surface area contributed by atoms with Gasteiger partial charge in [-0.2, -0.15) is 10.5 Å². The summed E-state index contributed by atoms with van der Waals surface area (Å²) < 4.78 is 1.22. The average Bonchev–Trinajstić information content (AvgIpc) is 3.93. The molecule has 0 aromatic heterocycles. The van der Waals surface area contributed by atoms with Crippen molar-refractivity contribution in [2.45, 2.75) is 146 Å². The predicted octanol–water partition coefficient (Wildman–Crippen LogP) is 11.4. The van der Waals surface area contributed by atoms with Gasteiger partial charge < -0.3 is 25.3 Å². The number of nitrogens with one attached hydrogen (secondary N) is 2. The molecule has 1 saturated heterocycles. The number of nitriles is 2. The molecule has 2 fully saturated rings. The molecule has 3 aliphatic carbocycles. The monoisotopic (exact) mass is 1010 g/mol. The Hall–Kier alpha value is -4.75. The number of fused-ring (bicyclic) bond motifs is 8. The van der Waals surface area contributed by atoms with Crippen LogP contribution in [-0.2, 0) is 23.7 Å². The van der Waals surface area contributed by atoms with Gasteiger partial charge >= 0.3 is 0 Å². The molecule has 4 aromatic rings. The van der Waals surface area contributed by atoms with Crippen molar-refractivity contribution in [2.75, 3.05) is 56.8 Å². The second kappa shape index (κ2) is 19.3. The molecule has 10 heteroatoms. The second-order valence-corrected chi connectivity index (χ2v) is 22.5. The van der Waals surface area contributed by atoms with E-state index in [-0.39, 0.29) is 46.3 Å². The highest BCUT2D eigenvalue weighted by Crippen LogP contribution is 2.53. The van der Waals surface area contributed by atoms with Crippen LogP contribution < -0.4 is 15.5 Å². The van der Waals surface area contributed by atoms with Crippen LogP contribution in [-0.4, -0.2) is 86.8 Å². The van der Waals surface area contributed by atoms with E-state index in [1.807, 2.05) is 36.4 Å². The van der Waals surface area contributed by atoms with Crippen molar-refractivity contribution in [1.29, 1.82) is 10.5 Å². The molecular weight excluding hydrogens is 942 g/mol. The lowest BCUT2D eigenvalue weighted by atomic mass is 9.63. The van der Waals surface area contributed by atoms with E-state index >= 15 is 0 Å². The topological polar surface area (TPSA) is 115 Å². The molecule has 352 valence electrons. The van der Waals surface area contributed by atoms with Crippen LogP contribution in [0.2, 0.25) is 0 Å². The molecule has 0 amide bonds. The first kappa shape index (κ1) is 48.7. The Bertz CT molecular complexity index is 2640.